The summed E-state index contributed by atoms with van der Waals surface area (Å²) in [4.78, 5) is 22.3. The summed E-state index contributed by atoms with van der Waals surface area (Å²) in [7, 11) is 0. The van der Waals surface area contributed by atoms with Gasteiger partial charge >= 0.3 is 0 Å². The van der Waals surface area contributed by atoms with Crippen LogP contribution in [0.25, 0.3) is 0 Å². The Morgan fingerprint density at radius 2 is 1.91 bits per heavy atom. The number of ether oxygens (including phenoxy) is 1. The van der Waals surface area contributed by atoms with E-state index in [1.165, 1.54) is 0 Å². The van der Waals surface area contributed by atoms with Gasteiger partial charge in [-0.15, -0.1) is 0 Å². The van der Waals surface area contributed by atoms with Gasteiger partial charge in [0, 0.05) is 31.2 Å². The second kappa shape index (κ2) is 8.44. The summed E-state index contributed by atoms with van der Waals surface area (Å²) in [6, 6.07) is 22.9. The van der Waals surface area contributed by atoms with Crippen molar-refractivity contribution in [2.45, 2.75) is 19.9 Å². The fourth-order valence-corrected chi connectivity index (χ4v) is 4.42. The van der Waals surface area contributed by atoms with E-state index in [1.807, 2.05) is 41.3 Å². The van der Waals surface area contributed by atoms with Crippen molar-refractivity contribution >= 4 is 17.4 Å². The molecule has 6 nitrogen and oxygen atoms in total. The summed E-state index contributed by atoms with van der Waals surface area (Å²) in [6.07, 6.45) is 0. The number of amides is 1. The molecule has 3 aromatic carbocycles. The maximum atomic E-state index is 13.2. The van der Waals surface area contributed by atoms with Gasteiger partial charge in [-0.05, 0) is 56.3 Å². The van der Waals surface area contributed by atoms with E-state index >= 15 is 0 Å². The highest BCUT2D eigenvalue weighted by atomic mass is 16.5. The van der Waals surface area contributed by atoms with Crippen LogP contribution in [0.4, 0.5) is 5.69 Å². The van der Waals surface area contributed by atoms with Gasteiger partial charge in [-0.3, -0.25) is 4.79 Å². The maximum absolute atomic E-state index is 13.2. The average molecular weight is 437 g/mol. The molecule has 2 heterocycles. The molecule has 6 heteroatoms. The lowest BCUT2D eigenvalue weighted by molar-refractivity contribution is 0.0581. The molecular formula is C27H24N4O2. The summed E-state index contributed by atoms with van der Waals surface area (Å²) in [5.74, 6) is 2.33. The van der Waals surface area contributed by atoms with Gasteiger partial charge in [0.15, 0.2) is 5.75 Å². The molecule has 2 aliphatic rings. The predicted molar refractivity (Wildman–Crippen MR) is 127 cm³/mol. The van der Waals surface area contributed by atoms with E-state index < -0.39 is 0 Å². The van der Waals surface area contributed by atoms with Crippen LogP contribution < -0.4 is 4.74 Å². The smallest absolute Gasteiger partial charge is 0.254 e. The summed E-state index contributed by atoms with van der Waals surface area (Å²) in [6.45, 7) is 5.99. The first kappa shape index (κ1) is 20.8. The number of nitriles is 1. The molecule has 1 amide bonds. The van der Waals surface area contributed by atoms with E-state index in [4.69, 9.17) is 9.73 Å². The molecular weight excluding hydrogens is 412 g/mol. The van der Waals surface area contributed by atoms with Crippen LogP contribution in [0, 0.1) is 18.3 Å². The maximum Gasteiger partial charge on any atom is 0.254 e. The molecule has 0 aliphatic carbocycles. The third-order valence-electron chi connectivity index (χ3n) is 6.11. The lowest BCUT2D eigenvalue weighted by Gasteiger charge is -2.41. The minimum absolute atomic E-state index is 0.0210. The van der Waals surface area contributed by atoms with Gasteiger partial charge in [-0.25, -0.2) is 4.99 Å². The Kier molecular flexibility index (Phi) is 5.31. The first-order chi connectivity index (χ1) is 16.0. The van der Waals surface area contributed by atoms with Gasteiger partial charge in [-0.1, -0.05) is 29.8 Å². The van der Waals surface area contributed by atoms with E-state index in [9.17, 15) is 10.1 Å². The first-order valence-corrected chi connectivity index (χ1v) is 11.1. The van der Waals surface area contributed by atoms with Crippen LogP contribution in [0.3, 0.4) is 0 Å². The van der Waals surface area contributed by atoms with Gasteiger partial charge < -0.3 is 14.5 Å². The second-order valence-electron chi connectivity index (χ2n) is 8.49. The lowest BCUT2D eigenvalue weighted by atomic mass is 10.1. The van der Waals surface area contributed by atoms with Crippen molar-refractivity contribution in [2.75, 3.05) is 19.6 Å². The van der Waals surface area contributed by atoms with Crippen molar-refractivity contribution in [1.29, 1.82) is 5.26 Å². The number of rotatable bonds is 1. The third-order valence-corrected chi connectivity index (χ3v) is 6.11. The van der Waals surface area contributed by atoms with E-state index in [-0.39, 0.29) is 11.9 Å². The third kappa shape index (κ3) is 3.94. The molecule has 164 valence electrons. The topological polar surface area (TPSA) is 68.9 Å². The van der Waals surface area contributed by atoms with Crippen molar-refractivity contribution in [3.8, 4) is 17.6 Å². The fourth-order valence-electron chi connectivity index (χ4n) is 4.42. The Morgan fingerprint density at radius 1 is 1.06 bits per heavy atom. The number of carbonyl (C=O) groups is 1. The van der Waals surface area contributed by atoms with E-state index in [0.29, 0.717) is 30.8 Å². The molecule has 0 spiro atoms. The molecule has 0 saturated carbocycles. The number of aliphatic imine (C=N–C) groups is 1. The molecule has 0 radical (unpaired) electrons. The molecule has 1 fully saturated rings. The molecule has 0 aromatic heterocycles. The molecule has 1 atom stereocenters. The van der Waals surface area contributed by atoms with Gasteiger partial charge in [0.25, 0.3) is 5.91 Å². The molecule has 5 rings (SSSR count). The average Bonchev–Trinajstić information content (AvgIpc) is 3.00. The summed E-state index contributed by atoms with van der Waals surface area (Å²) >= 11 is 0. The van der Waals surface area contributed by atoms with Crippen LogP contribution in [0.5, 0.6) is 11.5 Å². The van der Waals surface area contributed by atoms with Crippen LogP contribution in [-0.2, 0) is 0 Å². The Bertz CT molecular complexity index is 1310. The van der Waals surface area contributed by atoms with E-state index in [0.717, 1.165) is 34.1 Å². The van der Waals surface area contributed by atoms with E-state index in [1.54, 1.807) is 24.3 Å². The predicted octanol–water partition coefficient (Wildman–Crippen LogP) is 4.90. The lowest BCUT2D eigenvalue weighted by Crippen LogP contribution is -2.55. The first-order valence-electron chi connectivity index (χ1n) is 11.1. The van der Waals surface area contributed by atoms with Crippen LogP contribution in [0.1, 0.15) is 34.0 Å². The van der Waals surface area contributed by atoms with Crippen LogP contribution in [-0.4, -0.2) is 47.2 Å². The Balaban J connectivity index is 1.45. The number of hydrogen-bond acceptors (Lipinski definition) is 5. The Labute approximate surface area is 193 Å². The highest BCUT2D eigenvalue weighted by Crippen LogP contribution is 2.38. The minimum atomic E-state index is -0.0491. The highest BCUT2D eigenvalue weighted by Gasteiger charge is 2.32. The number of benzene rings is 3. The zero-order valence-corrected chi connectivity index (χ0v) is 18.7. The molecule has 1 unspecified atom stereocenters. The number of piperazine rings is 1. The number of aryl methyl sites for hydroxylation is 1. The summed E-state index contributed by atoms with van der Waals surface area (Å²) in [5.41, 5.74) is 3.92. The zero-order valence-electron chi connectivity index (χ0n) is 18.7. The fraction of sp³-hybridized carbons (Fsp3) is 0.222. The van der Waals surface area contributed by atoms with Gasteiger partial charge in [0.1, 0.15) is 17.3 Å². The van der Waals surface area contributed by atoms with Gasteiger partial charge in [0.2, 0.25) is 0 Å². The molecule has 0 N–H and O–H groups in total. The standard InChI is InChI=1S/C27H24N4O2/c1-18-10-11-24-22(14-18)26(29-23-8-3-4-9-25(23)33-24)30-12-13-31(19(2)17-30)27(32)21-7-5-6-20(15-21)16-28/h3-11,14-15,19H,12-13,17H2,1-2H3. The Morgan fingerprint density at radius 3 is 2.73 bits per heavy atom. The van der Waals surface area contributed by atoms with E-state index in [2.05, 4.69) is 30.9 Å². The number of hydrogen-bond donors (Lipinski definition) is 0. The largest absolute Gasteiger partial charge is 0.454 e. The van der Waals surface area contributed by atoms with Crippen molar-refractivity contribution in [3.05, 3.63) is 89.0 Å². The monoisotopic (exact) mass is 436 g/mol. The van der Waals surface area contributed by atoms with Crippen molar-refractivity contribution in [1.82, 2.24) is 9.80 Å². The molecule has 3 aromatic rings. The summed E-state index contributed by atoms with van der Waals surface area (Å²) in [5, 5.41) is 9.17. The van der Waals surface area contributed by atoms with Crippen LogP contribution >= 0.6 is 0 Å². The minimum Gasteiger partial charge on any atom is -0.454 e. The van der Waals surface area contributed by atoms with Crippen molar-refractivity contribution < 1.29 is 9.53 Å². The number of amidine groups is 1. The number of nitrogens with zero attached hydrogens (tertiary/aromatic N) is 4. The highest BCUT2D eigenvalue weighted by molar-refractivity contribution is 6.04. The quantitative estimate of drug-likeness (QED) is 0.544. The Hall–Kier alpha value is -4.11. The summed E-state index contributed by atoms with van der Waals surface area (Å²) < 4.78 is 6.21. The second-order valence-corrected chi connectivity index (χ2v) is 8.49. The molecule has 2 aliphatic heterocycles. The SMILES string of the molecule is Cc1ccc2c(c1)C(N1CCN(C(=O)c3cccc(C#N)c3)C(C)C1)=Nc1ccccc1O2. The van der Waals surface area contributed by atoms with Crippen LogP contribution in [0.15, 0.2) is 71.7 Å². The molecule has 33 heavy (non-hydrogen) atoms. The van der Waals surface area contributed by atoms with Gasteiger partial charge in [0.05, 0.1) is 17.2 Å². The van der Waals surface area contributed by atoms with Crippen molar-refractivity contribution in [2.24, 2.45) is 4.99 Å². The number of para-hydroxylation sites is 2. The molecule has 1 saturated heterocycles. The normalized spacial score (nSPS) is 17.1. The number of fused-ring (bicyclic) bond motifs is 2. The zero-order chi connectivity index (χ0) is 22.9. The number of carbonyl (C=O) groups excluding carboxylic acids is 1. The van der Waals surface area contributed by atoms with Crippen LogP contribution in [0.2, 0.25) is 0 Å². The van der Waals surface area contributed by atoms with Gasteiger partial charge in [-0.2, -0.15) is 5.26 Å². The van der Waals surface area contributed by atoms with Crippen molar-refractivity contribution in [3.63, 3.8) is 0 Å². The molecule has 0 bridgehead atoms.